The lowest BCUT2D eigenvalue weighted by atomic mass is 9.80. The third-order valence-electron chi connectivity index (χ3n) is 3.50. The predicted molar refractivity (Wildman–Crippen MR) is 89.2 cm³/mol. The summed E-state index contributed by atoms with van der Waals surface area (Å²) in [5.74, 6) is 0.706. The second-order valence-corrected chi connectivity index (χ2v) is 5.25. The molecule has 2 heterocycles. The molecule has 0 amide bonds. The van der Waals surface area contributed by atoms with E-state index in [2.05, 4.69) is 4.98 Å². The quantitative estimate of drug-likeness (QED) is 0.784. The molecule has 5 heteroatoms. The summed E-state index contributed by atoms with van der Waals surface area (Å²) in [6, 6.07) is 1.88. The van der Waals surface area contributed by atoms with Crippen molar-refractivity contribution < 1.29 is 14.0 Å². The fourth-order valence-electron chi connectivity index (χ4n) is 1.66. The molecule has 120 valence electrons. The molecule has 0 spiro atoms. The van der Waals surface area contributed by atoms with Crippen LogP contribution in [0.2, 0.25) is 0 Å². The highest BCUT2D eigenvalue weighted by molar-refractivity contribution is 6.62. The molecule has 0 saturated carbocycles. The molecule has 0 radical (unpaired) electrons. The third kappa shape index (κ3) is 4.72. The third-order valence-corrected chi connectivity index (χ3v) is 3.50. The van der Waals surface area contributed by atoms with Gasteiger partial charge >= 0.3 is 7.12 Å². The molecule has 1 aromatic rings. The Labute approximate surface area is 130 Å². The number of hydrogen-bond donors (Lipinski definition) is 0. The van der Waals surface area contributed by atoms with Gasteiger partial charge in [-0.15, -0.1) is 0 Å². The van der Waals surface area contributed by atoms with Crippen LogP contribution in [0.1, 0.15) is 55.4 Å². The lowest BCUT2D eigenvalue weighted by Crippen LogP contribution is -2.41. The van der Waals surface area contributed by atoms with Gasteiger partial charge in [-0.1, -0.05) is 27.7 Å². The lowest BCUT2D eigenvalue weighted by molar-refractivity contribution is 0.00578. The standard InChI is InChI=1S/C12H18BNO3.2C2H6/c1-11(2)12(3,4)17-13(16-11)9-6-10(15-5)8-14-7-9;2*1-2/h6-8H,1-5H3;2*1-2H3. The van der Waals surface area contributed by atoms with Crippen molar-refractivity contribution in [3.8, 4) is 5.75 Å². The molecule has 0 aliphatic carbocycles. The molecule has 1 aliphatic heterocycles. The Kier molecular flexibility index (Phi) is 7.97. The number of ether oxygens (including phenoxy) is 1. The molecule has 0 bridgehead atoms. The van der Waals surface area contributed by atoms with E-state index in [9.17, 15) is 0 Å². The highest BCUT2D eigenvalue weighted by Gasteiger charge is 2.51. The number of rotatable bonds is 2. The molecular weight excluding hydrogens is 265 g/mol. The van der Waals surface area contributed by atoms with E-state index in [0.29, 0.717) is 5.75 Å². The van der Waals surface area contributed by atoms with E-state index in [0.717, 1.165) is 5.46 Å². The van der Waals surface area contributed by atoms with Gasteiger partial charge in [0, 0.05) is 11.7 Å². The fourth-order valence-corrected chi connectivity index (χ4v) is 1.66. The molecule has 2 rings (SSSR count). The Hall–Kier alpha value is -1.07. The zero-order valence-electron chi connectivity index (χ0n) is 15.0. The van der Waals surface area contributed by atoms with Crippen LogP contribution in [0.4, 0.5) is 0 Å². The Morgan fingerprint density at radius 2 is 1.43 bits per heavy atom. The Morgan fingerprint density at radius 3 is 1.86 bits per heavy atom. The first-order valence-corrected chi connectivity index (χ1v) is 7.70. The van der Waals surface area contributed by atoms with Crippen LogP contribution >= 0.6 is 0 Å². The van der Waals surface area contributed by atoms with Gasteiger partial charge < -0.3 is 14.0 Å². The molecule has 0 unspecified atom stereocenters. The van der Waals surface area contributed by atoms with Crippen LogP contribution < -0.4 is 10.2 Å². The minimum absolute atomic E-state index is 0.333. The van der Waals surface area contributed by atoms with E-state index in [4.69, 9.17) is 14.0 Å². The number of aromatic nitrogens is 1. The van der Waals surface area contributed by atoms with Gasteiger partial charge in [-0.2, -0.15) is 0 Å². The molecule has 1 fully saturated rings. The summed E-state index contributed by atoms with van der Waals surface area (Å²) >= 11 is 0. The zero-order valence-corrected chi connectivity index (χ0v) is 15.0. The fraction of sp³-hybridized carbons (Fsp3) is 0.688. The maximum absolute atomic E-state index is 5.93. The van der Waals surface area contributed by atoms with E-state index in [-0.39, 0.29) is 18.3 Å². The number of hydrogen-bond acceptors (Lipinski definition) is 4. The van der Waals surface area contributed by atoms with Gasteiger partial charge in [0.15, 0.2) is 0 Å². The normalized spacial score (nSPS) is 18.0. The number of methoxy groups -OCH3 is 1. The monoisotopic (exact) mass is 295 g/mol. The van der Waals surface area contributed by atoms with Crippen molar-refractivity contribution in [1.82, 2.24) is 4.98 Å². The average molecular weight is 295 g/mol. The maximum atomic E-state index is 5.93. The van der Waals surface area contributed by atoms with Crippen LogP contribution in [-0.2, 0) is 9.31 Å². The minimum Gasteiger partial charge on any atom is -0.495 e. The first-order chi connectivity index (χ1) is 9.86. The maximum Gasteiger partial charge on any atom is 0.496 e. The van der Waals surface area contributed by atoms with Crippen LogP contribution in [0.5, 0.6) is 5.75 Å². The van der Waals surface area contributed by atoms with Crippen LogP contribution in [-0.4, -0.2) is 30.4 Å². The van der Waals surface area contributed by atoms with Gasteiger partial charge in [0.2, 0.25) is 0 Å². The minimum atomic E-state index is -0.386. The van der Waals surface area contributed by atoms with Crippen molar-refractivity contribution in [3.05, 3.63) is 18.5 Å². The number of pyridine rings is 1. The smallest absolute Gasteiger partial charge is 0.495 e. The second kappa shape index (κ2) is 8.40. The van der Waals surface area contributed by atoms with Crippen molar-refractivity contribution in [2.45, 2.75) is 66.6 Å². The molecule has 4 nitrogen and oxygen atoms in total. The summed E-state index contributed by atoms with van der Waals surface area (Å²) in [5, 5.41) is 0. The molecular formula is C16H30BNO3. The first-order valence-electron chi connectivity index (χ1n) is 7.70. The molecule has 0 N–H and O–H groups in total. The summed E-state index contributed by atoms with van der Waals surface area (Å²) in [7, 11) is 1.23. The van der Waals surface area contributed by atoms with Crippen molar-refractivity contribution >= 4 is 12.6 Å². The summed E-state index contributed by atoms with van der Waals surface area (Å²) in [6.07, 6.45) is 3.40. The van der Waals surface area contributed by atoms with Crippen molar-refractivity contribution in [1.29, 1.82) is 0 Å². The van der Waals surface area contributed by atoms with Gasteiger partial charge in [-0.3, -0.25) is 4.98 Å². The predicted octanol–water partition coefficient (Wildman–Crippen LogP) is 3.44. The second-order valence-electron chi connectivity index (χ2n) is 5.25. The van der Waals surface area contributed by atoms with E-state index < -0.39 is 0 Å². The summed E-state index contributed by atoms with van der Waals surface area (Å²) < 4.78 is 17.0. The van der Waals surface area contributed by atoms with Gasteiger partial charge in [0.25, 0.3) is 0 Å². The molecule has 0 aromatic carbocycles. The Morgan fingerprint density at radius 1 is 0.952 bits per heavy atom. The average Bonchev–Trinajstić information content (AvgIpc) is 2.72. The molecule has 1 saturated heterocycles. The van der Waals surface area contributed by atoms with E-state index >= 15 is 0 Å². The van der Waals surface area contributed by atoms with E-state index in [1.165, 1.54) is 0 Å². The zero-order chi connectivity index (χ0) is 16.7. The van der Waals surface area contributed by atoms with Crippen molar-refractivity contribution in [3.63, 3.8) is 0 Å². The van der Waals surface area contributed by atoms with Crippen LogP contribution in [0.3, 0.4) is 0 Å². The van der Waals surface area contributed by atoms with Gasteiger partial charge in [0.1, 0.15) is 5.75 Å². The van der Waals surface area contributed by atoms with Crippen molar-refractivity contribution in [2.75, 3.05) is 7.11 Å². The topological polar surface area (TPSA) is 40.6 Å². The van der Waals surface area contributed by atoms with Gasteiger partial charge in [-0.25, -0.2) is 0 Å². The van der Waals surface area contributed by atoms with Crippen LogP contribution in [0, 0.1) is 0 Å². The van der Waals surface area contributed by atoms with E-state index in [1.807, 2.05) is 61.5 Å². The van der Waals surface area contributed by atoms with Gasteiger partial charge in [0.05, 0.1) is 24.5 Å². The SMILES string of the molecule is CC.CC.COc1cncc(B2OC(C)(C)C(C)(C)O2)c1. The summed E-state index contributed by atoms with van der Waals surface area (Å²) in [5.41, 5.74) is 0.213. The van der Waals surface area contributed by atoms with Crippen molar-refractivity contribution in [2.24, 2.45) is 0 Å². The molecule has 1 aromatic heterocycles. The van der Waals surface area contributed by atoms with Gasteiger partial charge in [-0.05, 0) is 33.8 Å². The lowest BCUT2D eigenvalue weighted by Gasteiger charge is -2.32. The Bertz CT molecular complexity index is 406. The summed E-state index contributed by atoms with van der Waals surface area (Å²) in [6.45, 7) is 16.1. The first kappa shape index (κ1) is 19.9. The summed E-state index contributed by atoms with van der Waals surface area (Å²) in [4.78, 5) is 4.11. The molecule has 0 atom stereocenters. The molecule has 21 heavy (non-hydrogen) atoms. The molecule has 1 aliphatic rings. The van der Waals surface area contributed by atoms with E-state index in [1.54, 1.807) is 19.5 Å². The van der Waals surface area contributed by atoms with Crippen LogP contribution in [0.15, 0.2) is 18.5 Å². The number of nitrogens with zero attached hydrogens (tertiary/aromatic N) is 1. The highest BCUT2D eigenvalue weighted by Crippen LogP contribution is 2.36. The largest absolute Gasteiger partial charge is 0.496 e. The Balaban J connectivity index is 0.000000921. The highest BCUT2D eigenvalue weighted by atomic mass is 16.7. The van der Waals surface area contributed by atoms with Crippen LogP contribution in [0.25, 0.3) is 0 Å².